The lowest BCUT2D eigenvalue weighted by atomic mass is 10.0. The molecule has 1 aromatic heterocycles. The summed E-state index contributed by atoms with van der Waals surface area (Å²) in [6.45, 7) is 1.54. The van der Waals surface area contributed by atoms with Crippen LogP contribution in [-0.2, 0) is 4.79 Å². The number of nitrogens with one attached hydrogen (secondary N) is 1. The zero-order valence-corrected chi connectivity index (χ0v) is 13.8. The van der Waals surface area contributed by atoms with Gasteiger partial charge in [-0.2, -0.15) is 0 Å². The van der Waals surface area contributed by atoms with E-state index in [4.69, 9.17) is 5.11 Å². The van der Waals surface area contributed by atoms with E-state index in [1.54, 1.807) is 18.3 Å². The Bertz CT molecular complexity index is 539. The third kappa shape index (κ3) is 5.13. The normalized spacial score (nSPS) is 16.3. The molecule has 2 rings (SSSR count). The molecule has 2 N–H and O–H groups in total. The van der Waals surface area contributed by atoms with Gasteiger partial charge in [0.05, 0.1) is 11.7 Å². The Labute approximate surface area is 137 Å². The summed E-state index contributed by atoms with van der Waals surface area (Å²) in [6, 6.07) is 3.08. The molecular formula is C18H26N2O3. The van der Waals surface area contributed by atoms with Gasteiger partial charge in [-0.15, -0.1) is 0 Å². The summed E-state index contributed by atoms with van der Waals surface area (Å²) >= 11 is 0. The van der Waals surface area contributed by atoms with Gasteiger partial charge in [-0.3, -0.25) is 14.6 Å². The number of pyridine rings is 1. The van der Waals surface area contributed by atoms with E-state index in [0.29, 0.717) is 23.6 Å². The topological polar surface area (TPSA) is 79.3 Å². The first-order valence-corrected chi connectivity index (χ1v) is 8.53. The molecule has 1 amide bonds. The number of carbonyl (C=O) groups is 2. The predicted molar refractivity (Wildman–Crippen MR) is 88.0 cm³/mol. The smallest absolute Gasteiger partial charge is 0.220 e. The molecule has 23 heavy (non-hydrogen) atoms. The van der Waals surface area contributed by atoms with Crippen molar-refractivity contribution in [2.45, 2.75) is 57.9 Å². The maximum absolute atomic E-state index is 12.3. The average molecular weight is 318 g/mol. The maximum Gasteiger partial charge on any atom is 0.220 e. The van der Waals surface area contributed by atoms with E-state index in [9.17, 15) is 9.59 Å². The fourth-order valence-corrected chi connectivity index (χ4v) is 3.22. The van der Waals surface area contributed by atoms with Crippen LogP contribution in [0, 0.1) is 5.92 Å². The molecule has 126 valence electrons. The van der Waals surface area contributed by atoms with Gasteiger partial charge < -0.3 is 10.4 Å². The van der Waals surface area contributed by atoms with E-state index < -0.39 is 6.61 Å². The molecule has 0 unspecified atom stereocenters. The Morgan fingerprint density at radius 2 is 2.13 bits per heavy atom. The minimum Gasteiger partial charge on any atom is -0.388 e. The molecule has 1 atom stereocenters. The number of rotatable bonds is 8. The molecule has 1 fully saturated rings. The minimum absolute atomic E-state index is 0.0658. The molecule has 0 radical (unpaired) electrons. The Morgan fingerprint density at radius 3 is 2.78 bits per heavy atom. The first-order chi connectivity index (χ1) is 11.1. The van der Waals surface area contributed by atoms with Gasteiger partial charge in [-0.1, -0.05) is 26.2 Å². The number of aromatic nitrogens is 1. The summed E-state index contributed by atoms with van der Waals surface area (Å²) in [5, 5.41) is 12.1. The summed E-state index contributed by atoms with van der Waals surface area (Å²) in [5.41, 5.74) is 1.12. The Morgan fingerprint density at radius 1 is 1.39 bits per heavy atom. The summed E-state index contributed by atoms with van der Waals surface area (Å²) in [5.74, 6) is 0.241. The van der Waals surface area contributed by atoms with Crippen LogP contribution in [0.25, 0.3) is 0 Å². The lowest BCUT2D eigenvalue weighted by molar-refractivity contribution is -0.122. The quantitative estimate of drug-likeness (QED) is 0.722. The van der Waals surface area contributed by atoms with E-state index >= 15 is 0 Å². The number of carbonyl (C=O) groups excluding carboxylic acids is 2. The maximum atomic E-state index is 12.3. The van der Waals surface area contributed by atoms with Crippen LogP contribution in [-0.4, -0.2) is 28.4 Å². The van der Waals surface area contributed by atoms with E-state index in [0.717, 1.165) is 25.7 Å². The lowest BCUT2D eigenvalue weighted by Crippen LogP contribution is -2.30. The van der Waals surface area contributed by atoms with Crippen LogP contribution in [0.4, 0.5) is 0 Å². The van der Waals surface area contributed by atoms with Crippen LogP contribution in [0.1, 0.15) is 74.0 Å². The molecule has 0 saturated heterocycles. The predicted octanol–water partition coefficient (Wildman–Crippen LogP) is 2.79. The monoisotopic (exact) mass is 318 g/mol. The van der Waals surface area contributed by atoms with Crippen molar-refractivity contribution in [1.82, 2.24) is 10.3 Å². The van der Waals surface area contributed by atoms with Gasteiger partial charge in [0.2, 0.25) is 5.91 Å². The van der Waals surface area contributed by atoms with Crippen molar-refractivity contribution in [3.63, 3.8) is 0 Å². The largest absolute Gasteiger partial charge is 0.388 e. The fraction of sp³-hybridized carbons (Fsp3) is 0.611. The van der Waals surface area contributed by atoms with E-state index in [1.807, 2.05) is 0 Å². The molecular weight excluding hydrogens is 292 g/mol. The Hall–Kier alpha value is -1.75. The highest BCUT2D eigenvalue weighted by molar-refractivity contribution is 5.96. The number of aliphatic hydroxyl groups is 1. The van der Waals surface area contributed by atoms with Crippen LogP contribution >= 0.6 is 0 Å². The number of amides is 1. The van der Waals surface area contributed by atoms with Crippen LogP contribution in [0.15, 0.2) is 18.3 Å². The third-order valence-electron chi connectivity index (χ3n) is 4.47. The zero-order chi connectivity index (χ0) is 16.7. The summed E-state index contributed by atoms with van der Waals surface area (Å²) < 4.78 is 0. The summed E-state index contributed by atoms with van der Waals surface area (Å²) in [7, 11) is 0. The van der Waals surface area contributed by atoms with Crippen molar-refractivity contribution in [2.75, 3.05) is 6.61 Å². The second-order valence-corrected chi connectivity index (χ2v) is 6.31. The molecule has 5 heteroatoms. The number of Topliss-reactive ketones (excluding diaryl/α,β-unsaturated/α-hetero) is 1. The first-order valence-electron chi connectivity index (χ1n) is 8.53. The van der Waals surface area contributed by atoms with Gasteiger partial charge >= 0.3 is 0 Å². The molecule has 0 bridgehead atoms. The third-order valence-corrected chi connectivity index (χ3v) is 4.47. The van der Waals surface area contributed by atoms with Crippen LogP contribution in [0.3, 0.4) is 0 Å². The zero-order valence-electron chi connectivity index (χ0n) is 13.8. The molecule has 1 saturated carbocycles. The van der Waals surface area contributed by atoms with Crippen LogP contribution < -0.4 is 5.32 Å². The molecule has 1 heterocycles. The van der Waals surface area contributed by atoms with Gasteiger partial charge in [0, 0.05) is 18.2 Å². The van der Waals surface area contributed by atoms with Crippen molar-refractivity contribution in [1.29, 1.82) is 0 Å². The van der Waals surface area contributed by atoms with E-state index in [2.05, 4.69) is 17.2 Å². The highest BCUT2D eigenvalue weighted by Crippen LogP contribution is 2.28. The van der Waals surface area contributed by atoms with Crippen molar-refractivity contribution in [3.05, 3.63) is 29.6 Å². The summed E-state index contributed by atoms with van der Waals surface area (Å²) in [4.78, 5) is 28.2. The fourth-order valence-electron chi connectivity index (χ4n) is 3.22. The second-order valence-electron chi connectivity index (χ2n) is 6.31. The summed E-state index contributed by atoms with van der Waals surface area (Å²) in [6.07, 6.45) is 8.56. The van der Waals surface area contributed by atoms with Gasteiger partial charge in [-0.25, -0.2) is 0 Å². The molecule has 0 aliphatic heterocycles. The highest BCUT2D eigenvalue weighted by atomic mass is 16.3. The number of hydrogen-bond acceptors (Lipinski definition) is 4. The molecule has 0 aromatic carbocycles. The standard InChI is InChI=1S/C18H26N2O3/c1-2-5-15(20-18(23)10-13-6-3-4-7-13)16-11-14(8-9-19-16)17(22)12-21/h8-9,11,13,15,21H,2-7,10,12H2,1H3,(H,20,23)/t15-/m0/s1. The Kier molecular flexibility index (Phi) is 6.71. The van der Waals surface area contributed by atoms with Gasteiger partial charge in [0.1, 0.15) is 6.61 Å². The minimum atomic E-state index is -0.518. The van der Waals surface area contributed by atoms with Gasteiger partial charge in [0.15, 0.2) is 5.78 Å². The lowest BCUT2D eigenvalue weighted by Gasteiger charge is -2.19. The molecule has 1 aliphatic rings. The van der Waals surface area contributed by atoms with Gasteiger partial charge in [-0.05, 0) is 37.3 Å². The number of ketones is 1. The van der Waals surface area contributed by atoms with Crippen molar-refractivity contribution in [2.24, 2.45) is 5.92 Å². The van der Waals surface area contributed by atoms with Crippen LogP contribution in [0.5, 0.6) is 0 Å². The number of nitrogens with zero attached hydrogens (tertiary/aromatic N) is 1. The van der Waals surface area contributed by atoms with E-state index in [-0.39, 0.29) is 17.7 Å². The van der Waals surface area contributed by atoms with Crippen molar-refractivity contribution >= 4 is 11.7 Å². The molecule has 5 nitrogen and oxygen atoms in total. The second kappa shape index (κ2) is 8.77. The van der Waals surface area contributed by atoms with Crippen molar-refractivity contribution < 1.29 is 14.7 Å². The average Bonchev–Trinajstić information content (AvgIpc) is 3.06. The van der Waals surface area contributed by atoms with Crippen LogP contribution in [0.2, 0.25) is 0 Å². The molecule has 0 spiro atoms. The van der Waals surface area contributed by atoms with E-state index in [1.165, 1.54) is 12.8 Å². The molecule has 1 aliphatic carbocycles. The Balaban J connectivity index is 2.04. The molecule has 1 aromatic rings. The first kappa shape index (κ1) is 17.6. The van der Waals surface area contributed by atoms with Gasteiger partial charge in [0.25, 0.3) is 0 Å². The van der Waals surface area contributed by atoms with Crippen molar-refractivity contribution in [3.8, 4) is 0 Å². The number of aliphatic hydroxyl groups excluding tert-OH is 1. The SMILES string of the molecule is CCC[C@H](NC(=O)CC1CCCC1)c1cc(C(=O)CO)ccn1. The number of hydrogen-bond donors (Lipinski definition) is 2. The highest BCUT2D eigenvalue weighted by Gasteiger charge is 2.21.